The number of hydrogen-bond acceptors (Lipinski definition) is 2. The molecule has 0 spiro atoms. The zero-order chi connectivity index (χ0) is 10.1. The van der Waals surface area contributed by atoms with Gasteiger partial charge in [0.15, 0.2) is 0 Å². The molecule has 0 atom stereocenters. The Bertz CT molecular complexity index is 488. The lowest BCUT2D eigenvalue weighted by Crippen LogP contribution is -2.06. The maximum Gasteiger partial charge on any atom is 0.309 e. The van der Waals surface area contributed by atoms with Gasteiger partial charge in [-0.25, -0.2) is 4.98 Å². The number of aromatic nitrogens is 2. The minimum absolute atomic E-state index is 0.0224. The number of carboxylic acid groups (broad SMARTS) is 1. The molecule has 2 rings (SSSR count). The van der Waals surface area contributed by atoms with Crippen LogP contribution < -0.4 is 0 Å². The van der Waals surface area contributed by atoms with E-state index < -0.39 is 5.97 Å². The summed E-state index contributed by atoms with van der Waals surface area (Å²) in [7, 11) is 0. The van der Waals surface area contributed by atoms with Gasteiger partial charge in [0.1, 0.15) is 5.65 Å². The summed E-state index contributed by atoms with van der Waals surface area (Å²) in [5.74, 6) is -0.828. The van der Waals surface area contributed by atoms with Crippen LogP contribution in [-0.4, -0.2) is 20.5 Å². The third-order valence-corrected chi connectivity index (χ3v) is 2.12. The van der Waals surface area contributed by atoms with Crippen molar-refractivity contribution in [3.05, 3.63) is 35.8 Å². The van der Waals surface area contributed by atoms with Gasteiger partial charge >= 0.3 is 5.97 Å². The molecule has 2 heterocycles. The maximum absolute atomic E-state index is 10.6. The molecule has 0 amide bonds. The lowest BCUT2D eigenvalue weighted by atomic mass is 10.2. The number of nitrogens with zero attached hydrogens (tertiary/aromatic N) is 2. The van der Waals surface area contributed by atoms with Crippen LogP contribution in [0.15, 0.2) is 24.4 Å². The zero-order valence-corrected chi connectivity index (χ0v) is 7.77. The van der Waals surface area contributed by atoms with E-state index in [-0.39, 0.29) is 6.42 Å². The maximum atomic E-state index is 10.6. The Kier molecular flexibility index (Phi) is 1.96. The van der Waals surface area contributed by atoms with Crippen LogP contribution >= 0.6 is 0 Å². The first-order chi connectivity index (χ1) is 6.68. The van der Waals surface area contributed by atoms with E-state index in [2.05, 4.69) is 4.98 Å². The number of imidazole rings is 1. The predicted octanol–water partition coefficient (Wildman–Crippen LogP) is 1.27. The van der Waals surface area contributed by atoms with E-state index in [4.69, 9.17) is 5.11 Å². The second-order valence-corrected chi connectivity index (χ2v) is 3.18. The van der Waals surface area contributed by atoms with Gasteiger partial charge in [-0.15, -0.1) is 0 Å². The molecule has 14 heavy (non-hydrogen) atoms. The summed E-state index contributed by atoms with van der Waals surface area (Å²) in [5.41, 5.74) is 2.50. The Morgan fingerprint density at radius 2 is 2.36 bits per heavy atom. The van der Waals surface area contributed by atoms with E-state index in [1.807, 2.05) is 23.5 Å². The molecule has 0 saturated carbocycles. The van der Waals surface area contributed by atoms with E-state index in [0.29, 0.717) is 0 Å². The number of carbonyl (C=O) groups is 1. The molecular formula is C10H10N2O2. The van der Waals surface area contributed by atoms with Crippen LogP contribution in [0.25, 0.3) is 5.65 Å². The Morgan fingerprint density at radius 1 is 1.57 bits per heavy atom. The van der Waals surface area contributed by atoms with Crippen LogP contribution in [0.5, 0.6) is 0 Å². The fraction of sp³-hybridized carbons (Fsp3) is 0.200. The van der Waals surface area contributed by atoms with Crippen molar-refractivity contribution in [2.75, 3.05) is 0 Å². The third kappa shape index (κ3) is 1.35. The highest BCUT2D eigenvalue weighted by Gasteiger charge is 2.07. The van der Waals surface area contributed by atoms with Gasteiger partial charge in [-0.2, -0.15) is 0 Å². The molecule has 0 aliphatic heterocycles. The van der Waals surface area contributed by atoms with Crippen molar-refractivity contribution in [3.8, 4) is 0 Å². The number of rotatable bonds is 2. The molecule has 0 aliphatic rings. The molecule has 0 saturated heterocycles. The molecule has 72 valence electrons. The molecule has 2 aromatic rings. The number of pyridine rings is 1. The summed E-state index contributed by atoms with van der Waals surface area (Å²) in [6, 6.07) is 5.48. The van der Waals surface area contributed by atoms with Crippen molar-refractivity contribution in [2.45, 2.75) is 13.3 Å². The Labute approximate surface area is 80.8 Å². The van der Waals surface area contributed by atoms with Crippen molar-refractivity contribution < 1.29 is 9.90 Å². The molecule has 0 bridgehead atoms. The average Bonchev–Trinajstić information content (AvgIpc) is 2.48. The Hall–Kier alpha value is -1.84. The fourth-order valence-electron chi connectivity index (χ4n) is 1.56. The normalized spacial score (nSPS) is 10.6. The van der Waals surface area contributed by atoms with Crippen LogP contribution in [0.3, 0.4) is 0 Å². The molecular weight excluding hydrogens is 180 g/mol. The van der Waals surface area contributed by atoms with E-state index in [1.54, 1.807) is 12.3 Å². The predicted molar refractivity (Wildman–Crippen MR) is 51.3 cm³/mol. The van der Waals surface area contributed by atoms with E-state index in [9.17, 15) is 4.79 Å². The van der Waals surface area contributed by atoms with Crippen molar-refractivity contribution in [2.24, 2.45) is 0 Å². The van der Waals surface area contributed by atoms with Crippen molar-refractivity contribution in [1.82, 2.24) is 9.38 Å². The smallest absolute Gasteiger partial charge is 0.309 e. The summed E-state index contributed by atoms with van der Waals surface area (Å²) < 4.78 is 1.86. The zero-order valence-electron chi connectivity index (χ0n) is 7.77. The molecule has 4 heteroatoms. The van der Waals surface area contributed by atoms with Gasteiger partial charge in [0, 0.05) is 17.6 Å². The number of aliphatic carboxylic acids is 1. The first-order valence-electron chi connectivity index (χ1n) is 4.32. The van der Waals surface area contributed by atoms with Gasteiger partial charge in [-0.3, -0.25) is 4.79 Å². The number of fused-ring (bicyclic) bond motifs is 1. The molecule has 0 aromatic carbocycles. The van der Waals surface area contributed by atoms with Crippen molar-refractivity contribution in [1.29, 1.82) is 0 Å². The topological polar surface area (TPSA) is 54.6 Å². The van der Waals surface area contributed by atoms with E-state index >= 15 is 0 Å². The molecule has 2 aromatic heterocycles. The van der Waals surface area contributed by atoms with Crippen LogP contribution in [0.1, 0.15) is 11.4 Å². The highest BCUT2D eigenvalue weighted by molar-refractivity contribution is 5.70. The van der Waals surface area contributed by atoms with Crippen molar-refractivity contribution in [3.63, 3.8) is 0 Å². The summed E-state index contributed by atoms with van der Waals surface area (Å²) in [6.07, 6.45) is 1.76. The van der Waals surface area contributed by atoms with Crippen LogP contribution in [0.2, 0.25) is 0 Å². The SMILES string of the molecule is Cc1cnc2cccc(CC(=O)O)n12. The summed E-state index contributed by atoms with van der Waals surface area (Å²) in [4.78, 5) is 14.8. The largest absolute Gasteiger partial charge is 0.481 e. The minimum Gasteiger partial charge on any atom is -0.481 e. The molecule has 0 unspecified atom stereocenters. The average molecular weight is 190 g/mol. The first kappa shape index (κ1) is 8.74. The monoisotopic (exact) mass is 190 g/mol. The van der Waals surface area contributed by atoms with E-state index in [1.165, 1.54) is 0 Å². The number of hydrogen-bond donors (Lipinski definition) is 1. The number of carboxylic acids is 1. The summed E-state index contributed by atoms with van der Waals surface area (Å²) in [5, 5.41) is 8.72. The first-order valence-corrected chi connectivity index (χ1v) is 4.32. The second kappa shape index (κ2) is 3.14. The third-order valence-electron chi connectivity index (χ3n) is 2.12. The van der Waals surface area contributed by atoms with Crippen LogP contribution in [0, 0.1) is 6.92 Å². The highest BCUT2D eigenvalue weighted by Crippen LogP contribution is 2.10. The van der Waals surface area contributed by atoms with Gasteiger partial charge < -0.3 is 9.51 Å². The van der Waals surface area contributed by atoms with Crippen LogP contribution in [-0.2, 0) is 11.2 Å². The molecule has 0 fully saturated rings. The lowest BCUT2D eigenvalue weighted by molar-refractivity contribution is -0.136. The Balaban J connectivity index is 2.63. The lowest BCUT2D eigenvalue weighted by Gasteiger charge is -2.03. The molecule has 1 N–H and O–H groups in total. The van der Waals surface area contributed by atoms with Gasteiger partial charge in [0.2, 0.25) is 0 Å². The second-order valence-electron chi connectivity index (χ2n) is 3.18. The van der Waals surface area contributed by atoms with Crippen LogP contribution in [0.4, 0.5) is 0 Å². The van der Waals surface area contributed by atoms with Gasteiger partial charge in [0.25, 0.3) is 0 Å². The summed E-state index contributed by atoms with van der Waals surface area (Å²) in [6.45, 7) is 1.91. The highest BCUT2D eigenvalue weighted by atomic mass is 16.4. The van der Waals surface area contributed by atoms with Gasteiger partial charge in [0.05, 0.1) is 6.42 Å². The molecule has 0 aliphatic carbocycles. The van der Waals surface area contributed by atoms with Crippen molar-refractivity contribution >= 4 is 11.6 Å². The quantitative estimate of drug-likeness (QED) is 0.775. The standard InChI is InChI=1S/C10H10N2O2/c1-7-6-11-9-4-2-3-8(12(7)9)5-10(13)14/h2-4,6H,5H2,1H3,(H,13,14). The van der Waals surface area contributed by atoms with Gasteiger partial charge in [-0.1, -0.05) is 6.07 Å². The summed E-state index contributed by atoms with van der Waals surface area (Å²) >= 11 is 0. The minimum atomic E-state index is -0.828. The molecule has 4 nitrogen and oxygen atoms in total. The molecule has 0 radical (unpaired) electrons. The van der Waals surface area contributed by atoms with E-state index in [0.717, 1.165) is 17.0 Å². The fourth-order valence-corrected chi connectivity index (χ4v) is 1.56. The van der Waals surface area contributed by atoms with Gasteiger partial charge in [-0.05, 0) is 19.1 Å². The Morgan fingerprint density at radius 3 is 3.07 bits per heavy atom. The number of aryl methyl sites for hydroxylation is 1.